The third-order valence-electron chi connectivity index (χ3n) is 5.91. The van der Waals surface area contributed by atoms with Crippen LogP contribution in [0, 0.1) is 0 Å². The molecule has 0 fully saturated rings. The van der Waals surface area contributed by atoms with Crippen LogP contribution in [0.1, 0.15) is 29.0 Å². The molecule has 154 valence electrons. The Morgan fingerprint density at radius 1 is 0.806 bits per heavy atom. The Morgan fingerprint density at radius 3 is 2.39 bits per heavy atom. The van der Waals surface area contributed by atoms with E-state index in [1.54, 1.807) is 6.07 Å². The van der Waals surface area contributed by atoms with E-state index in [0.717, 1.165) is 33.2 Å². The van der Waals surface area contributed by atoms with E-state index >= 15 is 0 Å². The molecule has 0 bridgehead atoms. The van der Waals surface area contributed by atoms with Gasteiger partial charge in [-0.15, -0.1) is 0 Å². The van der Waals surface area contributed by atoms with Crippen LogP contribution in [-0.2, 0) is 11.3 Å². The normalized spacial score (nSPS) is 15.9. The summed E-state index contributed by atoms with van der Waals surface area (Å²) in [5.41, 5.74) is 3.76. The van der Waals surface area contributed by atoms with Gasteiger partial charge in [0.05, 0.1) is 16.6 Å². The molecule has 1 atom stereocenters. The summed E-state index contributed by atoms with van der Waals surface area (Å²) in [5.74, 6) is -0.147. The number of carbonyl (C=O) groups is 1. The molecule has 1 heterocycles. The van der Waals surface area contributed by atoms with Crippen molar-refractivity contribution < 1.29 is 4.79 Å². The van der Waals surface area contributed by atoms with Gasteiger partial charge in [-0.3, -0.25) is 4.79 Å². The van der Waals surface area contributed by atoms with Crippen molar-refractivity contribution in [3.05, 3.63) is 111 Å². The molecule has 4 aromatic rings. The van der Waals surface area contributed by atoms with E-state index in [1.165, 1.54) is 0 Å². The van der Waals surface area contributed by atoms with Gasteiger partial charge in [0.25, 0.3) is 0 Å². The maximum Gasteiger partial charge on any atom is 0.228 e. The number of carbonyl (C=O) groups excluding carboxylic acids is 1. The average Bonchev–Trinajstić information content (AvgIpc) is 2.78. The summed E-state index contributed by atoms with van der Waals surface area (Å²) < 4.78 is 0. The molecule has 1 aliphatic rings. The second-order valence-corrected chi connectivity index (χ2v) is 8.88. The van der Waals surface area contributed by atoms with Crippen molar-refractivity contribution in [3.8, 4) is 0 Å². The Hall–Kier alpha value is -2.52. The highest BCUT2D eigenvalue weighted by molar-refractivity contribution is 6.42. The molecule has 5 rings (SSSR count). The van der Waals surface area contributed by atoms with E-state index in [2.05, 4.69) is 18.2 Å². The fourth-order valence-electron chi connectivity index (χ4n) is 4.43. The lowest BCUT2D eigenvalue weighted by molar-refractivity contribution is -0.119. The number of nitrogens with zero attached hydrogens (tertiary/aromatic N) is 1. The van der Waals surface area contributed by atoms with Crippen LogP contribution < -0.4 is 4.90 Å². The minimum Gasteiger partial charge on any atom is -0.308 e. The predicted molar refractivity (Wildman–Crippen MR) is 130 cm³/mol. The van der Waals surface area contributed by atoms with Gasteiger partial charge in [0.1, 0.15) is 0 Å². The first-order valence-corrected chi connectivity index (χ1v) is 11.2. The summed E-state index contributed by atoms with van der Waals surface area (Å²) >= 11 is 19.3. The molecule has 2 nitrogen and oxygen atoms in total. The molecule has 1 unspecified atom stereocenters. The molecule has 0 spiro atoms. The number of rotatable bonds is 3. The fourth-order valence-corrected chi connectivity index (χ4v) is 5.07. The van der Waals surface area contributed by atoms with Gasteiger partial charge in [-0.1, -0.05) is 95.5 Å². The van der Waals surface area contributed by atoms with E-state index in [-0.39, 0.29) is 11.8 Å². The Bertz CT molecular complexity index is 1320. The number of hydrogen-bond acceptors (Lipinski definition) is 1. The molecule has 1 amide bonds. The molecule has 0 aliphatic carbocycles. The summed E-state index contributed by atoms with van der Waals surface area (Å²) in [6.45, 7) is 0.417. The molecule has 0 saturated heterocycles. The Labute approximate surface area is 196 Å². The zero-order valence-electron chi connectivity index (χ0n) is 16.5. The standard InChI is InChI=1S/C26H18Cl3NO/c27-21-10-4-2-7-17(21)15-30-23-13-12-16-6-1-3-8-18(16)25(23)20(14-24(30)31)19-9-5-11-22(28)26(19)29/h1-13,20H,14-15H2. The van der Waals surface area contributed by atoms with Gasteiger partial charge >= 0.3 is 0 Å². The van der Waals surface area contributed by atoms with Crippen molar-refractivity contribution in [1.82, 2.24) is 0 Å². The van der Waals surface area contributed by atoms with Crippen LogP contribution in [-0.4, -0.2) is 5.91 Å². The zero-order valence-corrected chi connectivity index (χ0v) is 18.8. The lowest BCUT2D eigenvalue weighted by Gasteiger charge is -2.36. The largest absolute Gasteiger partial charge is 0.308 e. The van der Waals surface area contributed by atoms with Crippen LogP contribution in [0.4, 0.5) is 5.69 Å². The minimum absolute atomic E-state index is 0.0312. The lowest BCUT2D eigenvalue weighted by Crippen LogP contribution is -2.36. The average molecular weight is 467 g/mol. The van der Waals surface area contributed by atoms with Gasteiger partial charge < -0.3 is 4.90 Å². The first-order chi connectivity index (χ1) is 15.0. The number of hydrogen-bond donors (Lipinski definition) is 0. The summed E-state index contributed by atoms with van der Waals surface area (Å²) in [5, 5.41) is 3.87. The summed E-state index contributed by atoms with van der Waals surface area (Å²) in [6, 6.07) is 25.6. The van der Waals surface area contributed by atoms with Crippen LogP contribution in [0.2, 0.25) is 15.1 Å². The number of anilines is 1. The number of fused-ring (bicyclic) bond motifs is 3. The highest BCUT2D eigenvalue weighted by Crippen LogP contribution is 2.47. The van der Waals surface area contributed by atoms with Crippen molar-refractivity contribution in [2.75, 3.05) is 4.90 Å². The molecule has 0 N–H and O–H groups in total. The maximum absolute atomic E-state index is 13.4. The monoisotopic (exact) mass is 465 g/mol. The number of benzene rings is 4. The summed E-state index contributed by atoms with van der Waals surface area (Å²) in [4.78, 5) is 15.2. The SMILES string of the molecule is O=C1CC(c2cccc(Cl)c2Cl)c2c(ccc3ccccc23)N1Cc1ccccc1Cl. The van der Waals surface area contributed by atoms with E-state index in [0.29, 0.717) is 28.0 Å². The third-order valence-corrected chi connectivity index (χ3v) is 7.11. The van der Waals surface area contributed by atoms with Crippen molar-refractivity contribution in [2.24, 2.45) is 0 Å². The fraction of sp³-hybridized carbons (Fsp3) is 0.115. The third kappa shape index (κ3) is 3.59. The molecular weight excluding hydrogens is 449 g/mol. The molecule has 1 aliphatic heterocycles. The maximum atomic E-state index is 13.4. The van der Waals surface area contributed by atoms with Crippen molar-refractivity contribution in [2.45, 2.75) is 18.9 Å². The smallest absolute Gasteiger partial charge is 0.228 e. The Kier molecular flexibility index (Phi) is 5.39. The van der Waals surface area contributed by atoms with Crippen molar-refractivity contribution in [3.63, 3.8) is 0 Å². The molecule has 5 heteroatoms. The molecule has 4 aromatic carbocycles. The predicted octanol–water partition coefficient (Wildman–Crippen LogP) is 7.87. The van der Waals surface area contributed by atoms with Crippen LogP contribution in [0.15, 0.2) is 78.9 Å². The highest BCUT2D eigenvalue weighted by Gasteiger charge is 2.35. The first kappa shape index (κ1) is 20.4. The molecule has 0 aromatic heterocycles. The zero-order chi connectivity index (χ0) is 21.5. The quantitative estimate of drug-likeness (QED) is 0.301. The van der Waals surface area contributed by atoms with Gasteiger partial charge in [-0.2, -0.15) is 0 Å². The number of amides is 1. The van der Waals surface area contributed by atoms with Gasteiger partial charge in [-0.25, -0.2) is 0 Å². The second-order valence-electron chi connectivity index (χ2n) is 7.69. The van der Waals surface area contributed by atoms with Gasteiger partial charge in [0.2, 0.25) is 5.91 Å². The Balaban J connectivity index is 1.72. The van der Waals surface area contributed by atoms with Crippen molar-refractivity contribution >= 4 is 57.2 Å². The van der Waals surface area contributed by atoms with Crippen LogP contribution in [0.3, 0.4) is 0 Å². The van der Waals surface area contributed by atoms with E-state index in [9.17, 15) is 4.79 Å². The first-order valence-electron chi connectivity index (χ1n) is 10.0. The van der Waals surface area contributed by atoms with Crippen LogP contribution in [0.5, 0.6) is 0 Å². The summed E-state index contributed by atoms with van der Waals surface area (Å²) in [6.07, 6.45) is 0.311. The van der Waals surface area contributed by atoms with Gasteiger partial charge in [0, 0.05) is 23.0 Å². The topological polar surface area (TPSA) is 20.3 Å². The van der Waals surface area contributed by atoms with E-state index in [1.807, 2.05) is 59.5 Å². The molecule has 0 saturated carbocycles. The van der Waals surface area contributed by atoms with Crippen LogP contribution >= 0.6 is 34.8 Å². The molecule has 0 radical (unpaired) electrons. The van der Waals surface area contributed by atoms with E-state index < -0.39 is 0 Å². The molecule has 31 heavy (non-hydrogen) atoms. The summed E-state index contributed by atoms with van der Waals surface area (Å²) in [7, 11) is 0. The lowest BCUT2D eigenvalue weighted by atomic mass is 9.81. The van der Waals surface area contributed by atoms with Crippen LogP contribution in [0.25, 0.3) is 10.8 Å². The van der Waals surface area contributed by atoms with E-state index in [4.69, 9.17) is 34.8 Å². The Morgan fingerprint density at radius 2 is 1.55 bits per heavy atom. The van der Waals surface area contributed by atoms with Gasteiger partial charge in [-0.05, 0) is 45.7 Å². The van der Waals surface area contributed by atoms with Gasteiger partial charge in [0.15, 0.2) is 0 Å². The number of halogens is 3. The van der Waals surface area contributed by atoms with Crippen molar-refractivity contribution in [1.29, 1.82) is 0 Å². The second kappa shape index (κ2) is 8.20. The highest BCUT2D eigenvalue weighted by atomic mass is 35.5. The molecular formula is C26H18Cl3NO. The minimum atomic E-state index is -0.178.